The molecule has 1 N–H and O–H groups in total. The van der Waals surface area contributed by atoms with Crippen LogP contribution in [-0.4, -0.2) is 25.6 Å². The molecule has 15 heavy (non-hydrogen) atoms. The third-order valence-corrected chi connectivity index (χ3v) is 4.05. The van der Waals surface area contributed by atoms with E-state index in [9.17, 15) is 0 Å². The Bertz CT molecular complexity index is 305. The molecule has 0 aliphatic heterocycles. The van der Waals surface area contributed by atoms with Gasteiger partial charge in [-0.25, -0.2) is 4.98 Å². The van der Waals surface area contributed by atoms with E-state index in [0.717, 1.165) is 17.6 Å². The van der Waals surface area contributed by atoms with Crippen LogP contribution in [0.4, 0.5) is 5.13 Å². The molecule has 2 rings (SSSR count). The van der Waals surface area contributed by atoms with Crippen LogP contribution in [0.25, 0.3) is 0 Å². The molecule has 0 bridgehead atoms. The van der Waals surface area contributed by atoms with Crippen molar-refractivity contribution in [2.45, 2.75) is 25.8 Å². The standard InChI is InChI=1S/C11H19N3S/c1-14(2)11-13-8-10(15-11)7-12-6-9-4-3-5-9/h8-9,12H,3-7H2,1-2H3. The van der Waals surface area contributed by atoms with Crippen LogP contribution in [0.5, 0.6) is 0 Å². The molecular formula is C11H19N3S. The zero-order chi connectivity index (χ0) is 10.7. The lowest BCUT2D eigenvalue weighted by Gasteiger charge is -2.25. The Balaban J connectivity index is 1.72. The number of nitrogens with zero attached hydrogens (tertiary/aromatic N) is 2. The van der Waals surface area contributed by atoms with Crippen molar-refractivity contribution >= 4 is 16.5 Å². The first-order valence-electron chi connectivity index (χ1n) is 5.58. The van der Waals surface area contributed by atoms with Gasteiger partial charge in [0.05, 0.1) is 0 Å². The van der Waals surface area contributed by atoms with Crippen molar-refractivity contribution in [2.24, 2.45) is 5.92 Å². The molecule has 0 atom stereocenters. The van der Waals surface area contributed by atoms with Gasteiger partial charge in [0.2, 0.25) is 0 Å². The molecule has 0 spiro atoms. The smallest absolute Gasteiger partial charge is 0.185 e. The molecule has 4 heteroatoms. The quantitative estimate of drug-likeness (QED) is 0.832. The summed E-state index contributed by atoms with van der Waals surface area (Å²) in [4.78, 5) is 7.74. The highest BCUT2D eigenvalue weighted by atomic mass is 32.1. The number of anilines is 1. The lowest BCUT2D eigenvalue weighted by Crippen LogP contribution is -2.26. The summed E-state index contributed by atoms with van der Waals surface area (Å²) in [7, 11) is 4.06. The zero-order valence-electron chi connectivity index (χ0n) is 9.49. The summed E-state index contributed by atoms with van der Waals surface area (Å²) in [6, 6.07) is 0. The average Bonchev–Trinajstić information content (AvgIpc) is 2.57. The van der Waals surface area contributed by atoms with Gasteiger partial charge in [0, 0.05) is 31.7 Å². The Hall–Kier alpha value is -0.610. The molecule has 84 valence electrons. The Labute approximate surface area is 95.5 Å². The summed E-state index contributed by atoms with van der Waals surface area (Å²) in [6.45, 7) is 2.15. The number of aromatic nitrogens is 1. The van der Waals surface area contributed by atoms with Crippen molar-refractivity contribution in [3.05, 3.63) is 11.1 Å². The predicted octanol–water partition coefficient (Wildman–Crippen LogP) is 2.10. The van der Waals surface area contributed by atoms with Crippen molar-refractivity contribution < 1.29 is 0 Å². The topological polar surface area (TPSA) is 28.2 Å². The summed E-state index contributed by atoms with van der Waals surface area (Å²) in [6.07, 6.45) is 6.24. The first-order chi connectivity index (χ1) is 7.25. The maximum atomic E-state index is 4.35. The molecule has 1 aliphatic rings. The largest absolute Gasteiger partial charge is 0.354 e. The fourth-order valence-electron chi connectivity index (χ4n) is 1.68. The number of hydrogen-bond donors (Lipinski definition) is 1. The Morgan fingerprint density at radius 2 is 2.33 bits per heavy atom. The number of hydrogen-bond acceptors (Lipinski definition) is 4. The van der Waals surface area contributed by atoms with Crippen LogP contribution in [0, 0.1) is 5.92 Å². The van der Waals surface area contributed by atoms with Crippen LogP contribution in [0.15, 0.2) is 6.20 Å². The second-order valence-corrected chi connectivity index (χ2v) is 5.53. The van der Waals surface area contributed by atoms with E-state index in [1.54, 1.807) is 11.3 Å². The van der Waals surface area contributed by atoms with Crippen molar-refractivity contribution in [3.63, 3.8) is 0 Å². The van der Waals surface area contributed by atoms with E-state index in [4.69, 9.17) is 0 Å². The molecule has 0 radical (unpaired) electrons. The van der Waals surface area contributed by atoms with E-state index in [1.807, 2.05) is 20.3 Å². The third-order valence-electron chi connectivity index (χ3n) is 2.88. The molecule has 1 aromatic heterocycles. The van der Waals surface area contributed by atoms with Crippen LogP contribution in [0.1, 0.15) is 24.1 Å². The third kappa shape index (κ3) is 2.92. The van der Waals surface area contributed by atoms with Gasteiger partial charge in [-0.3, -0.25) is 0 Å². The molecule has 0 amide bonds. The second kappa shape index (κ2) is 4.94. The van der Waals surface area contributed by atoms with Crippen molar-refractivity contribution in [2.75, 3.05) is 25.5 Å². The van der Waals surface area contributed by atoms with Crippen molar-refractivity contribution in [1.29, 1.82) is 0 Å². The normalized spacial score (nSPS) is 16.4. The summed E-state index contributed by atoms with van der Waals surface area (Å²) in [5.41, 5.74) is 0. The van der Waals surface area contributed by atoms with E-state index in [-0.39, 0.29) is 0 Å². The van der Waals surface area contributed by atoms with Gasteiger partial charge in [0.15, 0.2) is 5.13 Å². The predicted molar refractivity (Wildman–Crippen MR) is 65.5 cm³/mol. The highest BCUT2D eigenvalue weighted by Gasteiger charge is 2.16. The molecule has 1 aliphatic carbocycles. The monoisotopic (exact) mass is 225 g/mol. The number of nitrogens with one attached hydrogen (secondary N) is 1. The van der Waals surface area contributed by atoms with Crippen molar-refractivity contribution in [1.82, 2.24) is 10.3 Å². The number of rotatable bonds is 5. The summed E-state index contributed by atoms with van der Waals surface area (Å²) in [5, 5.41) is 4.60. The minimum atomic E-state index is 0.936. The SMILES string of the molecule is CN(C)c1ncc(CNCC2CCC2)s1. The molecule has 1 aromatic rings. The van der Waals surface area contributed by atoms with Gasteiger partial charge in [-0.1, -0.05) is 6.42 Å². The Morgan fingerprint density at radius 1 is 1.53 bits per heavy atom. The van der Waals surface area contributed by atoms with Gasteiger partial charge >= 0.3 is 0 Å². The summed E-state index contributed by atoms with van der Waals surface area (Å²) >= 11 is 1.77. The molecule has 0 unspecified atom stereocenters. The van der Waals surface area contributed by atoms with Crippen molar-refractivity contribution in [3.8, 4) is 0 Å². The van der Waals surface area contributed by atoms with Crippen LogP contribution in [0.2, 0.25) is 0 Å². The molecular weight excluding hydrogens is 206 g/mol. The van der Waals surface area contributed by atoms with Crippen LogP contribution in [-0.2, 0) is 6.54 Å². The fourth-order valence-corrected chi connectivity index (χ4v) is 2.48. The molecule has 1 heterocycles. The van der Waals surface area contributed by atoms with Gasteiger partial charge in [-0.2, -0.15) is 0 Å². The highest BCUT2D eigenvalue weighted by molar-refractivity contribution is 7.15. The van der Waals surface area contributed by atoms with Gasteiger partial charge in [-0.05, 0) is 25.3 Å². The average molecular weight is 225 g/mol. The summed E-state index contributed by atoms with van der Waals surface area (Å²) < 4.78 is 0. The van der Waals surface area contributed by atoms with Crippen LogP contribution in [0.3, 0.4) is 0 Å². The highest BCUT2D eigenvalue weighted by Crippen LogP contribution is 2.25. The lowest BCUT2D eigenvalue weighted by molar-refractivity contribution is 0.301. The number of thiazole rings is 1. The van der Waals surface area contributed by atoms with E-state index in [0.29, 0.717) is 0 Å². The van der Waals surface area contributed by atoms with Crippen LogP contribution >= 0.6 is 11.3 Å². The molecule has 0 aromatic carbocycles. The van der Waals surface area contributed by atoms with E-state index in [1.165, 1.54) is 30.7 Å². The molecule has 1 saturated carbocycles. The second-order valence-electron chi connectivity index (χ2n) is 4.43. The minimum Gasteiger partial charge on any atom is -0.354 e. The Morgan fingerprint density at radius 3 is 2.87 bits per heavy atom. The Kier molecular flexibility index (Phi) is 3.59. The zero-order valence-corrected chi connectivity index (χ0v) is 10.3. The van der Waals surface area contributed by atoms with Gasteiger partial charge in [0.25, 0.3) is 0 Å². The van der Waals surface area contributed by atoms with E-state index < -0.39 is 0 Å². The maximum Gasteiger partial charge on any atom is 0.185 e. The lowest BCUT2D eigenvalue weighted by atomic mass is 9.85. The molecule has 0 saturated heterocycles. The van der Waals surface area contributed by atoms with Gasteiger partial charge < -0.3 is 10.2 Å². The molecule has 1 fully saturated rings. The maximum absolute atomic E-state index is 4.35. The van der Waals surface area contributed by atoms with Gasteiger partial charge in [0.1, 0.15) is 0 Å². The van der Waals surface area contributed by atoms with Crippen LogP contribution < -0.4 is 10.2 Å². The van der Waals surface area contributed by atoms with E-state index >= 15 is 0 Å². The van der Waals surface area contributed by atoms with E-state index in [2.05, 4.69) is 15.2 Å². The first kappa shape index (κ1) is 10.9. The first-order valence-corrected chi connectivity index (χ1v) is 6.40. The minimum absolute atomic E-state index is 0.936. The molecule has 3 nitrogen and oxygen atoms in total. The summed E-state index contributed by atoms with van der Waals surface area (Å²) in [5.74, 6) is 0.936. The van der Waals surface area contributed by atoms with Gasteiger partial charge in [-0.15, -0.1) is 11.3 Å². The fraction of sp³-hybridized carbons (Fsp3) is 0.727.